The van der Waals surface area contributed by atoms with E-state index in [9.17, 15) is 0 Å². The van der Waals surface area contributed by atoms with Crippen LogP contribution in [0.1, 0.15) is 6.92 Å². The van der Waals surface area contributed by atoms with Gasteiger partial charge in [0.05, 0.1) is 0 Å². The van der Waals surface area contributed by atoms with Gasteiger partial charge in [-0.3, -0.25) is 0 Å². The lowest BCUT2D eigenvalue weighted by Crippen LogP contribution is -2.18. The monoisotopic (exact) mass is 181 g/mol. The highest BCUT2D eigenvalue weighted by Gasteiger charge is 2.03. The normalized spacial score (nSPS) is 9.77. The van der Waals surface area contributed by atoms with Crippen LogP contribution in [-0.2, 0) is 0 Å². The maximum atomic E-state index is 5.54. The third-order valence-electron chi connectivity index (χ3n) is 1.85. The molecule has 0 aromatic carbocycles. The average molecular weight is 181 g/mol. The predicted octanol–water partition coefficient (Wildman–Crippen LogP) is 0.557. The summed E-state index contributed by atoms with van der Waals surface area (Å²) < 4.78 is 0. The molecule has 1 rings (SSSR count). The molecule has 0 saturated heterocycles. The summed E-state index contributed by atoms with van der Waals surface area (Å²) in [7, 11) is 3.76. The zero-order valence-electron chi connectivity index (χ0n) is 8.20. The Morgan fingerprint density at radius 1 is 1.54 bits per heavy atom. The molecule has 0 aliphatic heterocycles. The molecule has 5 heteroatoms. The maximum Gasteiger partial charge on any atom is 0.223 e. The molecule has 1 heterocycles. The Labute approximate surface area is 78.0 Å². The van der Waals surface area contributed by atoms with E-state index in [4.69, 9.17) is 5.73 Å². The Balaban J connectivity index is 3.01. The Bertz CT molecular complexity index is 286. The highest BCUT2D eigenvalue weighted by atomic mass is 15.2. The van der Waals surface area contributed by atoms with E-state index in [1.165, 1.54) is 0 Å². The predicted molar refractivity (Wildman–Crippen MR) is 54.9 cm³/mol. The molecule has 0 spiro atoms. The van der Waals surface area contributed by atoms with Gasteiger partial charge in [0.25, 0.3) is 0 Å². The van der Waals surface area contributed by atoms with Crippen molar-refractivity contribution in [1.82, 2.24) is 9.97 Å². The van der Waals surface area contributed by atoms with Crippen LogP contribution in [0.3, 0.4) is 0 Å². The summed E-state index contributed by atoms with van der Waals surface area (Å²) in [5, 5.41) is 2.93. The molecular formula is C8H15N5. The minimum atomic E-state index is 0.294. The number of hydrogen-bond acceptors (Lipinski definition) is 5. The summed E-state index contributed by atoms with van der Waals surface area (Å²) in [4.78, 5) is 10.1. The zero-order chi connectivity index (χ0) is 9.84. The largest absolute Gasteiger partial charge is 0.373 e. The van der Waals surface area contributed by atoms with Crippen LogP contribution in [0, 0.1) is 0 Å². The molecule has 0 aliphatic carbocycles. The van der Waals surface area contributed by atoms with Crippen LogP contribution in [0.15, 0.2) is 6.07 Å². The van der Waals surface area contributed by atoms with Gasteiger partial charge in [-0.1, -0.05) is 0 Å². The molecule has 0 saturated carbocycles. The van der Waals surface area contributed by atoms with Crippen molar-refractivity contribution in [1.29, 1.82) is 0 Å². The summed E-state index contributed by atoms with van der Waals surface area (Å²) in [5.74, 6) is 1.87. The van der Waals surface area contributed by atoms with Crippen molar-refractivity contribution in [3.8, 4) is 0 Å². The van der Waals surface area contributed by atoms with Gasteiger partial charge >= 0.3 is 0 Å². The van der Waals surface area contributed by atoms with Gasteiger partial charge in [-0.2, -0.15) is 9.97 Å². The SMILES string of the molecule is CCN(C)c1cc(NC)nc(N)n1. The lowest BCUT2D eigenvalue weighted by molar-refractivity contribution is 0.933. The van der Waals surface area contributed by atoms with Gasteiger partial charge in [-0.05, 0) is 6.92 Å². The van der Waals surface area contributed by atoms with E-state index in [0.717, 1.165) is 18.2 Å². The van der Waals surface area contributed by atoms with Crippen LogP contribution >= 0.6 is 0 Å². The van der Waals surface area contributed by atoms with Gasteiger partial charge in [0.1, 0.15) is 11.6 Å². The Hall–Kier alpha value is -1.52. The smallest absolute Gasteiger partial charge is 0.223 e. The minimum absolute atomic E-state index is 0.294. The first-order chi connectivity index (χ1) is 6.17. The lowest BCUT2D eigenvalue weighted by Gasteiger charge is -2.16. The summed E-state index contributed by atoms with van der Waals surface area (Å²) in [5.41, 5.74) is 5.54. The summed E-state index contributed by atoms with van der Waals surface area (Å²) >= 11 is 0. The molecule has 0 amide bonds. The number of aromatic nitrogens is 2. The number of anilines is 3. The third-order valence-corrected chi connectivity index (χ3v) is 1.85. The molecule has 0 radical (unpaired) electrons. The van der Waals surface area contributed by atoms with Gasteiger partial charge in [-0.15, -0.1) is 0 Å². The van der Waals surface area contributed by atoms with Crippen LogP contribution in [-0.4, -0.2) is 30.6 Å². The molecule has 1 aromatic heterocycles. The van der Waals surface area contributed by atoms with Crippen LogP contribution in [0.5, 0.6) is 0 Å². The average Bonchev–Trinajstić information content (AvgIpc) is 2.15. The third kappa shape index (κ3) is 2.21. The fourth-order valence-electron chi connectivity index (χ4n) is 0.938. The van der Waals surface area contributed by atoms with Gasteiger partial charge in [-0.25, -0.2) is 0 Å². The fourth-order valence-corrected chi connectivity index (χ4v) is 0.938. The van der Waals surface area contributed by atoms with E-state index < -0.39 is 0 Å². The van der Waals surface area contributed by atoms with Gasteiger partial charge in [0, 0.05) is 26.7 Å². The second-order valence-corrected chi connectivity index (χ2v) is 2.73. The van der Waals surface area contributed by atoms with E-state index in [2.05, 4.69) is 22.2 Å². The second kappa shape index (κ2) is 3.93. The first-order valence-corrected chi connectivity index (χ1v) is 4.20. The highest BCUT2D eigenvalue weighted by Crippen LogP contribution is 2.14. The molecule has 5 nitrogen and oxygen atoms in total. The lowest BCUT2D eigenvalue weighted by atomic mass is 10.4. The van der Waals surface area contributed by atoms with Gasteiger partial charge in [0.2, 0.25) is 5.95 Å². The number of hydrogen-bond donors (Lipinski definition) is 2. The van der Waals surface area contributed by atoms with Crippen molar-refractivity contribution in [2.24, 2.45) is 0 Å². The summed E-state index contributed by atoms with van der Waals surface area (Å²) in [6.45, 7) is 2.94. The molecule has 0 bridgehead atoms. The number of rotatable bonds is 3. The van der Waals surface area contributed by atoms with Gasteiger partial charge in [0.15, 0.2) is 0 Å². The zero-order valence-corrected chi connectivity index (χ0v) is 8.20. The van der Waals surface area contributed by atoms with Crippen molar-refractivity contribution in [3.63, 3.8) is 0 Å². The van der Waals surface area contributed by atoms with Crippen molar-refractivity contribution in [3.05, 3.63) is 6.07 Å². The minimum Gasteiger partial charge on any atom is -0.373 e. The topological polar surface area (TPSA) is 67.1 Å². The van der Waals surface area contributed by atoms with E-state index in [0.29, 0.717) is 5.95 Å². The van der Waals surface area contributed by atoms with Crippen LogP contribution in [0.25, 0.3) is 0 Å². The Morgan fingerprint density at radius 2 is 2.23 bits per heavy atom. The molecule has 13 heavy (non-hydrogen) atoms. The first kappa shape index (κ1) is 9.57. The van der Waals surface area contributed by atoms with E-state index >= 15 is 0 Å². The number of nitrogens with one attached hydrogen (secondary N) is 1. The fraction of sp³-hybridized carbons (Fsp3) is 0.500. The van der Waals surface area contributed by atoms with Crippen molar-refractivity contribution in [2.45, 2.75) is 6.92 Å². The van der Waals surface area contributed by atoms with Crippen LogP contribution in [0.4, 0.5) is 17.6 Å². The van der Waals surface area contributed by atoms with Crippen molar-refractivity contribution in [2.75, 3.05) is 36.6 Å². The molecule has 3 N–H and O–H groups in total. The molecule has 72 valence electrons. The van der Waals surface area contributed by atoms with Crippen molar-refractivity contribution >= 4 is 17.6 Å². The molecule has 0 aliphatic rings. The Morgan fingerprint density at radius 3 is 2.77 bits per heavy atom. The number of nitrogens with two attached hydrogens (primary N) is 1. The first-order valence-electron chi connectivity index (χ1n) is 4.20. The summed E-state index contributed by atoms with van der Waals surface area (Å²) in [6, 6.07) is 1.86. The maximum absolute atomic E-state index is 5.54. The van der Waals surface area contributed by atoms with E-state index in [-0.39, 0.29) is 0 Å². The van der Waals surface area contributed by atoms with Crippen LogP contribution in [0.2, 0.25) is 0 Å². The molecule has 0 atom stereocenters. The molecule has 0 fully saturated rings. The molecule has 1 aromatic rings. The second-order valence-electron chi connectivity index (χ2n) is 2.73. The van der Waals surface area contributed by atoms with Crippen molar-refractivity contribution < 1.29 is 0 Å². The van der Waals surface area contributed by atoms with E-state index in [1.807, 2.05) is 18.0 Å². The number of nitrogen functional groups attached to an aromatic ring is 1. The molecule has 0 unspecified atom stereocenters. The van der Waals surface area contributed by atoms with E-state index in [1.54, 1.807) is 7.05 Å². The Kier molecular flexibility index (Phi) is 2.89. The summed E-state index contributed by atoms with van der Waals surface area (Å²) in [6.07, 6.45) is 0. The quantitative estimate of drug-likeness (QED) is 0.713. The highest BCUT2D eigenvalue weighted by molar-refractivity contribution is 5.51. The number of nitrogens with zero attached hydrogens (tertiary/aromatic N) is 3. The van der Waals surface area contributed by atoms with Gasteiger partial charge < -0.3 is 16.0 Å². The standard InChI is InChI=1S/C8H15N5/c1-4-13(3)7-5-6(10-2)11-8(9)12-7/h5H,4H2,1-3H3,(H3,9,10,11,12). The molecular weight excluding hydrogens is 166 g/mol. The van der Waals surface area contributed by atoms with Crippen LogP contribution < -0.4 is 16.0 Å².